The van der Waals surface area contributed by atoms with Crippen molar-refractivity contribution in [1.29, 1.82) is 0 Å². The van der Waals surface area contributed by atoms with E-state index in [1.807, 2.05) is 19.9 Å². The van der Waals surface area contributed by atoms with Crippen LogP contribution in [0, 0.1) is 5.92 Å². The number of rotatable bonds is 13. The Morgan fingerprint density at radius 3 is 2.16 bits per heavy atom. The van der Waals surface area contributed by atoms with Crippen LogP contribution in [0.3, 0.4) is 0 Å². The molecule has 32 heavy (non-hydrogen) atoms. The summed E-state index contributed by atoms with van der Waals surface area (Å²) < 4.78 is 0. The van der Waals surface area contributed by atoms with E-state index in [0.29, 0.717) is 6.42 Å². The van der Waals surface area contributed by atoms with Crippen molar-refractivity contribution in [2.24, 2.45) is 17.4 Å². The van der Waals surface area contributed by atoms with Gasteiger partial charge in [-0.1, -0.05) is 50.6 Å². The van der Waals surface area contributed by atoms with Crippen LogP contribution in [0.4, 0.5) is 0 Å². The Balaban J connectivity index is 2.81. The lowest BCUT2D eigenvalue weighted by Gasteiger charge is -2.23. The second-order valence-corrected chi connectivity index (χ2v) is 7.51. The summed E-state index contributed by atoms with van der Waals surface area (Å²) in [6.45, 7) is 3.17. The first kappa shape index (κ1) is 26.6. The Hall–Kier alpha value is -3.47. The van der Waals surface area contributed by atoms with E-state index < -0.39 is 60.7 Å². The highest BCUT2D eigenvalue weighted by molar-refractivity contribution is 5.93. The van der Waals surface area contributed by atoms with Gasteiger partial charge < -0.3 is 32.5 Å². The van der Waals surface area contributed by atoms with Crippen molar-refractivity contribution in [2.45, 2.75) is 51.2 Å². The molecule has 0 saturated carbocycles. The summed E-state index contributed by atoms with van der Waals surface area (Å²) in [5, 5.41) is 16.2. The molecule has 4 atom stereocenters. The standard InChI is InChI=1S/C21H31N5O6/c1-3-12(2)18(23)20(30)26-14(9-13-7-5-4-6-8-13)19(29)24-11-17(28)25-15(21(31)32)10-16(22)27/h4-8,12,14-15,18H,3,9-11,23H2,1-2H3,(H2,22,27)(H,24,29)(H,25,28)(H,26,30)(H,31,32). The summed E-state index contributed by atoms with van der Waals surface area (Å²) in [6, 6.07) is 5.64. The summed E-state index contributed by atoms with van der Waals surface area (Å²) in [5.41, 5.74) is 11.7. The molecule has 1 rings (SSSR count). The van der Waals surface area contributed by atoms with Gasteiger partial charge >= 0.3 is 5.97 Å². The molecule has 176 valence electrons. The molecular weight excluding hydrogens is 418 g/mol. The molecule has 11 nitrogen and oxygen atoms in total. The number of hydrogen-bond acceptors (Lipinski definition) is 6. The summed E-state index contributed by atoms with van der Waals surface area (Å²) in [4.78, 5) is 59.3. The third kappa shape index (κ3) is 9.13. The van der Waals surface area contributed by atoms with Crippen LogP contribution >= 0.6 is 0 Å². The van der Waals surface area contributed by atoms with Crippen molar-refractivity contribution >= 4 is 29.6 Å². The lowest BCUT2D eigenvalue weighted by molar-refractivity contribution is -0.143. The second-order valence-electron chi connectivity index (χ2n) is 7.51. The van der Waals surface area contributed by atoms with E-state index in [4.69, 9.17) is 16.6 Å². The van der Waals surface area contributed by atoms with E-state index in [-0.39, 0.29) is 12.3 Å². The van der Waals surface area contributed by atoms with Crippen LogP contribution in [0.15, 0.2) is 30.3 Å². The van der Waals surface area contributed by atoms with Crippen molar-refractivity contribution in [3.05, 3.63) is 35.9 Å². The Labute approximate surface area is 186 Å². The number of carbonyl (C=O) groups excluding carboxylic acids is 4. The van der Waals surface area contributed by atoms with Crippen LogP contribution < -0.4 is 27.4 Å². The van der Waals surface area contributed by atoms with Gasteiger partial charge in [0.05, 0.1) is 19.0 Å². The minimum Gasteiger partial charge on any atom is -0.480 e. The van der Waals surface area contributed by atoms with Crippen molar-refractivity contribution in [1.82, 2.24) is 16.0 Å². The van der Waals surface area contributed by atoms with E-state index in [2.05, 4.69) is 16.0 Å². The minimum absolute atomic E-state index is 0.0978. The predicted octanol–water partition coefficient (Wildman–Crippen LogP) is -1.35. The molecule has 11 heteroatoms. The molecule has 0 radical (unpaired) electrons. The Kier molecular flexibility index (Phi) is 10.8. The number of carboxylic acid groups (broad SMARTS) is 1. The molecule has 0 aliphatic carbocycles. The number of primary amides is 1. The molecule has 0 aliphatic heterocycles. The number of aliphatic carboxylic acids is 1. The highest BCUT2D eigenvalue weighted by Gasteiger charge is 2.27. The van der Waals surface area contributed by atoms with Gasteiger partial charge in [0, 0.05) is 6.42 Å². The molecule has 8 N–H and O–H groups in total. The van der Waals surface area contributed by atoms with E-state index in [0.717, 1.165) is 5.56 Å². The maximum Gasteiger partial charge on any atom is 0.326 e. The maximum absolute atomic E-state index is 12.7. The van der Waals surface area contributed by atoms with Crippen LogP contribution in [-0.4, -0.2) is 59.4 Å². The molecule has 1 aromatic rings. The van der Waals surface area contributed by atoms with Crippen LogP contribution in [0.1, 0.15) is 32.3 Å². The SMILES string of the molecule is CCC(C)C(N)C(=O)NC(Cc1ccccc1)C(=O)NCC(=O)NC(CC(N)=O)C(=O)O. The normalized spacial score (nSPS) is 14.3. The van der Waals surface area contributed by atoms with Crippen LogP contribution in [0.25, 0.3) is 0 Å². The number of nitrogens with two attached hydrogens (primary N) is 2. The molecule has 0 aromatic heterocycles. The highest BCUT2D eigenvalue weighted by Crippen LogP contribution is 2.08. The van der Waals surface area contributed by atoms with Crippen molar-refractivity contribution in [3.8, 4) is 0 Å². The fraction of sp³-hybridized carbons (Fsp3) is 0.476. The Bertz CT molecular complexity index is 816. The lowest BCUT2D eigenvalue weighted by atomic mass is 9.98. The van der Waals surface area contributed by atoms with Gasteiger partial charge in [0.2, 0.25) is 23.6 Å². The maximum atomic E-state index is 12.7. The molecule has 4 unspecified atom stereocenters. The summed E-state index contributed by atoms with van der Waals surface area (Å²) in [6.07, 6.45) is 0.252. The molecule has 0 heterocycles. The quantitative estimate of drug-likeness (QED) is 0.214. The molecular formula is C21H31N5O6. The first-order valence-electron chi connectivity index (χ1n) is 10.2. The van der Waals surface area contributed by atoms with E-state index in [9.17, 15) is 24.0 Å². The number of carboxylic acids is 1. The largest absolute Gasteiger partial charge is 0.480 e. The van der Waals surface area contributed by atoms with Gasteiger partial charge in [0.1, 0.15) is 12.1 Å². The Morgan fingerprint density at radius 1 is 1.00 bits per heavy atom. The molecule has 1 aromatic carbocycles. The van der Waals surface area contributed by atoms with Crippen LogP contribution in [0.5, 0.6) is 0 Å². The van der Waals surface area contributed by atoms with Crippen molar-refractivity contribution in [3.63, 3.8) is 0 Å². The molecule has 0 saturated heterocycles. The fourth-order valence-electron chi connectivity index (χ4n) is 2.78. The Morgan fingerprint density at radius 2 is 1.62 bits per heavy atom. The zero-order valence-corrected chi connectivity index (χ0v) is 18.2. The number of carbonyl (C=O) groups is 5. The van der Waals surface area contributed by atoms with Gasteiger partial charge in [0.15, 0.2) is 0 Å². The van der Waals surface area contributed by atoms with Gasteiger partial charge in [-0.25, -0.2) is 4.79 Å². The topological polar surface area (TPSA) is 194 Å². The average molecular weight is 450 g/mol. The number of nitrogens with one attached hydrogen (secondary N) is 3. The predicted molar refractivity (Wildman–Crippen MR) is 116 cm³/mol. The summed E-state index contributed by atoms with van der Waals surface area (Å²) in [7, 11) is 0. The fourth-order valence-corrected chi connectivity index (χ4v) is 2.78. The molecule has 0 bridgehead atoms. The first-order valence-corrected chi connectivity index (χ1v) is 10.2. The first-order chi connectivity index (χ1) is 15.0. The molecule has 0 aliphatic rings. The zero-order chi connectivity index (χ0) is 24.3. The third-order valence-corrected chi connectivity index (χ3v) is 4.94. The van der Waals surface area contributed by atoms with Gasteiger partial charge in [-0.2, -0.15) is 0 Å². The molecule has 4 amide bonds. The third-order valence-electron chi connectivity index (χ3n) is 4.94. The minimum atomic E-state index is -1.51. The van der Waals surface area contributed by atoms with Crippen LogP contribution in [-0.2, 0) is 30.4 Å². The highest BCUT2D eigenvalue weighted by atomic mass is 16.4. The number of benzene rings is 1. The zero-order valence-electron chi connectivity index (χ0n) is 18.2. The summed E-state index contributed by atoms with van der Waals surface area (Å²) in [5.74, 6) is -4.39. The van der Waals surface area contributed by atoms with Crippen LogP contribution in [0.2, 0.25) is 0 Å². The molecule has 0 fully saturated rings. The van der Waals surface area contributed by atoms with Gasteiger partial charge in [0.25, 0.3) is 0 Å². The van der Waals surface area contributed by atoms with E-state index in [1.165, 1.54) is 0 Å². The van der Waals surface area contributed by atoms with Gasteiger partial charge in [-0.15, -0.1) is 0 Å². The average Bonchev–Trinajstić information content (AvgIpc) is 2.75. The smallest absolute Gasteiger partial charge is 0.326 e. The van der Waals surface area contributed by atoms with E-state index in [1.54, 1.807) is 24.3 Å². The van der Waals surface area contributed by atoms with Gasteiger partial charge in [-0.3, -0.25) is 19.2 Å². The second kappa shape index (κ2) is 13.1. The lowest BCUT2D eigenvalue weighted by Crippen LogP contribution is -2.55. The van der Waals surface area contributed by atoms with Gasteiger partial charge in [-0.05, 0) is 11.5 Å². The summed E-state index contributed by atoms with van der Waals surface area (Å²) >= 11 is 0. The number of amides is 4. The molecule has 0 spiro atoms. The number of hydrogen-bond donors (Lipinski definition) is 6. The van der Waals surface area contributed by atoms with E-state index >= 15 is 0 Å². The monoisotopic (exact) mass is 449 g/mol. The van der Waals surface area contributed by atoms with Crippen molar-refractivity contribution in [2.75, 3.05) is 6.54 Å². The van der Waals surface area contributed by atoms with Crippen molar-refractivity contribution < 1.29 is 29.1 Å².